The van der Waals surface area contributed by atoms with E-state index >= 15 is 0 Å². The maximum absolute atomic E-state index is 5.91. The molecule has 1 aliphatic rings. The van der Waals surface area contributed by atoms with Crippen LogP contribution in [0.15, 0.2) is 36.4 Å². The number of ether oxygens (including phenoxy) is 2. The number of para-hydroxylation sites is 2. The van der Waals surface area contributed by atoms with Crippen molar-refractivity contribution >= 4 is 23.2 Å². The summed E-state index contributed by atoms with van der Waals surface area (Å²) in [5.74, 6) is 2.50. The van der Waals surface area contributed by atoms with Crippen molar-refractivity contribution in [2.45, 2.75) is 0 Å². The molecule has 0 aliphatic carbocycles. The van der Waals surface area contributed by atoms with Gasteiger partial charge in [0.1, 0.15) is 0 Å². The maximum Gasteiger partial charge on any atom is 0.171 e. The zero-order chi connectivity index (χ0) is 11.1. The summed E-state index contributed by atoms with van der Waals surface area (Å²) in [6.45, 7) is 0. The monoisotopic (exact) mass is 264 g/mol. The van der Waals surface area contributed by atoms with Gasteiger partial charge in [0.05, 0.1) is 10.0 Å². The van der Waals surface area contributed by atoms with Crippen LogP contribution in [0.25, 0.3) is 0 Å². The van der Waals surface area contributed by atoms with E-state index in [-0.39, 0.29) is 0 Å². The predicted molar refractivity (Wildman–Crippen MR) is 63.1 cm³/mol. The standard InChI is InChI=1S/C12H6Cl2O2/c13-7-5-11-12(6-8(7)14)16-10-4-2-1-3-9(10)15-11/h1-6H/i1+1,2+1,3+1,4+1,5+1,6+1,7+1,8+1,9+1,10+1,11+1,12+1. The molecule has 0 atom stereocenters. The first-order valence-electron chi connectivity index (χ1n) is 4.68. The summed E-state index contributed by atoms with van der Waals surface area (Å²) in [5.41, 5.74) is 0. The fourth-order valence-electron chi connectivity index (χ4n) is 1.53. The maximum atomic E-state index is 5.91. The minimum atomic E-state index is 0.448. The second-order valence-corrected chi connectivity index (χ2v) is 4.18. The molecule has 4 heteroatoms. The summed E-state index contributed by atoms with van der Waals surface area (Å²) >= 11 is 11.8. The van der Waals surface area contributed by atoms with Crippen molar-refractivity contribution in [2.75, 3.05) is 0 Å². The smallest absolute Gasteiger partial charge is 0.171 e. The summed E-state index contributed by atoms with van der Waals surface area (Å²) in [7, 11) is 0. The van der Waals surface area contributed by atoms with Crippen LogP contribution in [0.3, 0.4) is 0 Å². The Morgan fingerprint density at radius 3 is 1.56 bits per heavy atom. The van der Waals surface area contributed by atoms with Crippen LogP contribution in [0.5, 0.6) is 23.0 Å². The van der Waals surface area contributed by atoms with Crippen LogP contribution < -0.4 is 9.47 Å². The molecule has 80 valence electrons. The normalized spacial score (nSPS) is 12.1. The molecular formula is C12H6Cl2O2. The van der Waals surface area contributed by atoms with Crippen molar-refractivity contribution in [1.29, 1.82) is 0 Å². The molecule has 0 radical (unpaired) electrons. The van der Waals surface area contributed by atoms with Crippen LogP contribution >= 0.6 is 23.2 Å². The Labute approximate surface area is 102 Å². The lowest BCUT2D eigenvalue weighted by atomic mass is 11.2. The first-order chi connectivity index (χ1) is 7.74. The SMILES string of the molecule is Cl[13c]1[13cH][13c]2[13c]([13cH][13c]1Cl)O[13c]1[13cH][13cH][13cH][13cH][13c]1O2. The summed E-state index contributed by atoms with van der Waals surface area (Å²) in [4.78, 5) is 0. The number of halogens is 2. The van der Waals surface area contributed by atoms with Crippen LogP contribution in [-0.4, -0.2) is 0 Å². The minimum Gasteiger partial charge on any atom is -0.449 e. The van der Waals surface area contributed by atoms with Crippen LogP contribution in [-0.2, 0) is 0 Å². The number of hydrogen-bond acceptors (Lipinski definition) is 2. The van der Waals surface area contributed by atoms with E-state index in [2.05, 4.69) is 0 Å². The Kier molecular flexibility index (Phi) is 2.20. The highest BCUT2D eigenvalue weighted by Gasteiger charge is 2.19. The fraction of sp³-hybridized carbons (Fsp3) is 0. The van der Waals surface area contributed by atoms with Gasteiger partial charge in [0, 0.05) is 12.1 Å². The molecule has 0 N–H and O–H groups in total. The third kappa shape index (κ3) is 1.51. The van der Waals surface area contributed by atoms with Crippen LogP contribution in [0.2, 0.25) is 10.0 Å². The summed E-state index contributed by atoms with van der Waals surface area (Å²) in [5, 5.41) is 0.895. The van der Waals surface area contributed by atoms with Gasteiger partial charge in [-0.25, -0.2) is 0 Å². The molecule has 0 bridgehead atoms. The lowest BCUT2D eigenvalue weighted by molar-refractivity contribution is 0.359. The highest BCUT2D eigenvalue weighted by atomic mass is 35.5. The summed E-state index contributed by atoms with van der Waals surface area (Å²) in [6, 6.07) is 10.7. The number of hydrogen-bond donors (Lipinski definition) is 0. The van der Waals surface area contributed by atoms with Crippen molar-refractivity contribution in [3.63, 3.8) is 0 Å². The highest BCUT2D eigenvalue weighted by Crippen LogP contribution is 2.47. The van der Waals surface area contributed by atoms with E-state index in [1.807, 2.05) is 24.3 Å². The molecule has 0 saturated carbocycles. The molecule has 2 nitrogen and oxygen atoms in total. The van der Waals surface area contributed by atoms with Crippen LogP contribution in [0.4, 0.5) is 0 Å². The van der Waals surface area contributed by atoms with E-state index in [4.69, 9.17) is 32.7 Å². The van der Waals surface area contributed by atoms with Gasteiger partial charge < -0.3 is 9.47 Å². The van der Waals surface area contributed by atoms with Gasteiger partial charge in [-0.2, -0.15) is 0 Å². The summed E-state index contributed by atoms with van der Waals surface area (Å²) in [6.07, 6.45) is 0. The third-order valence-corrected chi connectivity index (χ3v) is 3.00. The van der Waals surface area contributed by atoms with Crippen molar-refractivity contribution in [3.8, 4) is 23.0 Å². The van der Waals surface area contributed by atoms with E-state index in [1.165, 1.54) is 0 Å². The van der Waals surface area contributed by atoms with E-state index in [9.17, 15) is 0 Å². The predicted octanol–water partition coefficient (Wildman–Crippen LogP) is 4.89. The molecule has 0 unspecified atom stereocenters. The number of fused-ring (bicyclic) bond motifs is 2. The fourth-order valence-corrected chi connectivity index (χ4v) is 1.83. The van der Waals surface area contributed by atoms with Crippen molar-refractivity contribution in [2.24, 2.45) is 0 Å². The Hall–Kier alpha value is -1.38. The first kappa shape index (κ1) is 9.82. The largest absolute Gasteiger partial charge is 0.449 e. The average molecular weight is 265 g/mol. The quantitative estimate of drug-likeness (QED) is 0.576. The molecule has 1 aliphatic heterocycles. The minimum absolute atomic E-state index is 0.448. The zero-order valence-corrected chi connectivity index (χ0v) is 9.55. The lowest BCUT2D eigenvalue weighted by Crippen LogP contribution is -1.98. The van der Waals surface area contributed by atoms with Gasteiger partial charge in [0.2, 0.25) is 0 Å². The van der Waals surface area contributed by atoms with Gasteiger partial charge in [0.15, 0.2) is 23.0 Å². The van der Waals surface area contributed by atoms with Crippen molar-refractivity contribution in [1.82, 2.24) is 0 Å². The average Bonchev–Trinajstić information content (AvgIpc) is 2.28. The molecule has 16 heavy (non-hydrogen) atoms. The second kappa shape index (κ2) is 3.58. The number of rotatable bonds is 0. The highest BCUT2D eigenvalue weighted by molar-refractivity contribution is 6.42. The van der Waals surface area contributed by atoms with E-state index in [0.29, 0.717) is 33.0 Å². The van der Waals surface area contributed by atoms with Gasteiger partial charge in [-0.15, -0.1) is 0 Å². The Morgan fingerprint density at radius 1 is 0.688 bits per heavy atom. The molecule has 0 saturated heterocycles. The Balaban J connectivity index is 2.12. The number of benzene rings is 2. The Bertz CT molecular complexity index is 517. The van der Waals surface area contributed by atoms with Crippen molar-refractivity contribution < 1.29 is 9.47 Å². The van der Waals surface area contributed by atoms with Crippen LogP contribution in [0.1, 0.15) is 0 Å². The van der Waals surface area contributed by atoms with Gasteiger partial charge in [-0.05, 0) is 12.1 Å². The zero-order valence-electron chi connectivity index (χ0n) is 8.04. The molecule has 3 rings (SSSR count). The van der Waals surface area contributed by atoms with Gasteiger partial charge in [-0.1, -0.05) is 35.3 Å². The van der Waals surface area contributed by atoms with Gasteiger partial charge >= 0.3 is 0 Å². The van der Waals surface area contributed by atoms with Gasteiger partial charge in [0.25, 0.3) is 0 Å². The van der Waals surface area contributed by atoms with Gasteiger partial charge in [-0.3, -0.25) is 0 Å². The Morgan fingerprint density at radius 2 is 1.12 bits per heavy atom. The van der Waals surface area contributed by atoms with E-state index < -0.39 is 0 Å². The molecule has 0 fully saturated rings. The molecule has 1 heterocycles. The second-order valence-electron chi connectivity index (χ2n) is 3.36. The van der Waals surface area contributed by atoms with E-state index in [1.54, 1.807) is 12.1 Å². The molecule has 0 aromatic heterocycles. The van der Waals surface area contributed by atoms with Crippen LogP contribution in [0, 0.1) is 0 Å². The molecule has 2 aromatic carbocycles. The van der Waals surface area contributed by atoms with Crippen molar-refractivity contribution in [3.05, 3.63) is 46.4 Å². The topological polar surface area (TPSA) is 18.5 Å². The first-order valence-corrected chi connectivity index (χ1v) is 5.43. The van der Waals surface area contributed by atoms with E-state index in [0.717, 1.165) is 0 Å². The summed E-state index contributed by atoms with van der Waals surface area (Å²) < 4.78 is 11.3. The molecule has 0 amide bonds. The molecule has 0 spiro atoms. The lowest BCUT2D eigenvalue weighted by Gasteiger charge is -2.20. The third-order valence-electron chi connectivity index (χ3n) is 2.28. The molecular weight excluding hydrogens is 259 g/mol. The molecule has 2 aromatic rings.